The number of rotatable bonds is 5. The van der Waals surface area contributed by atoms with Crippen LogP contribution in [0.1, 0.15) is 31.5 Å². The number of aromatic nitrogens is 2. The molecule has 1 aliphatic rings. The minimum absolute atomic E-state index is 0.148. The van der Waals surface area contributed by atoms with Crippen LogP contribution >= 0.6 is 0 Å². The Bertz CT molecular complexity index is 1290. The Morgan fingerprint density at radius 2 is 2.00 bits per heavy atom. The Labute approximate surface area is 174 Å². The number of piperidine rings is 1. The van der Waals surface area contributed by atoms with Gasteiger partial charge < -0.3 is 10.4 Å². The number of fused-ring (bicyclic) bond motifs is 2. The molecule has 4 aromatic rings. The van der Waals surface area contributed by atoms with E-state index in [1.54, 1.807) is 6.07 Å². The number of imidazole rings is 1. The van der Waals surface area contributed by atoms with Crippen LogP contribution in [0.3, 0.4) is 0 Å². The minimum atomic E-state index is -0.177. The summed E-state index contributed by atoms with van der Waals surface area (Å²) < 4.78 is 2.12. The first-order valence-corrected chi connectivity index (χ1v) is 10.7. The van der Waals surface area contributed by atoms with E-state index in [4.69, 9.17) is 0 Å². The van der Waals surface area contributed by atoms with E-state index in [1.165, 1.54) is 18.6 Å². The molecule has 1 saturated heterocycles. The molecule has 1 aliphatic heterocycles. The third-order valence-electron chi connectivity index (χ3n) is 6.38. The van der Waals surface area contributed by atoms with Crippen LogP contribution in [0.15, 0.2) is 35.1 Å². The van der Waals surface area contributed by atoms with E-state index in [1.807, 2.05) is 23.5 Å². The van der Waals surface area contributed by atoms with Gasteiger partial charge in [-0.1, -0.05) is 12.1 Å². The maximum Gasteiger partial charge on any atom is 0.199 e. The Balaban J connectivity index is 1.52. The number of quaternary nitrogens is 1. The highest BCUT2D eigenvalue weighted by atomic mass is 16.5. The highest BCUT2D eigenvalue weighted by Gasteiger charge is 2.27. The lowest BCUT2D eigenvalue weighted by atomic mass is 10.1. The first-order chi connectivity index (χ1) is 14.5. The van der Waals surface area contributed by atoms with Crippen LogP contribution < -0.4 is 15.9 Å². The fraction of sp³-hybridized carbons (Fsp3) is 0.391. The smallest absolute Gasteiger partial charge is 0.199 e. The minimum Gasteiger partial charge on any atom is -0.872 e. The van der Waals surface area contributed by atoms with E-state index >= 15 is 0 Å². The van der Waals surface area contributed by atoms with Crippen molar-refractivity contribution in [2.45, 2.75) is 32.6 Å². The number of benzene rings is 2. The molecular weight excluding hydrogens is 380 g/mol. The number of aryl methyl sites for hydroxylation is 1. The largest absolute Gasteiger partial charge is 0.872 e. The van der Waals surface area contributed by atoms with E-state index < -0.39 is 0 Å². The highest BCUT2D eigenvalue weighted by molar-refractivity contribution is 6.07. The number of nitrogens with zero attached hydrogens (tertiary/aromatic N) is 3. The lowest BCUT2D eigenvalue weighted by Crippen LogP contribution is -2.49. The molecule has 7 nitrogen and oxygen atoms in total. The topological polar surface area (TPSA) is 89.7 Å². The monoisotopic (exact) mass is 406 g/mol. The average Bonchev–Trinajstić information content (AvgIpc) is 3.06. The van der Waals surface area contributed by atoms with Gasteiger partial charge in [-0.2, -0.15) is 4.65 Å². The van der Waals surface area contributed by atoms with E-state index in [0.29, 0.717) is 29.4 Å². The molecule has 3 heterocycles. The van der Waals surface area contributed by atoms with Crippen LogP contribution in [0.2, 0.25) is 0 Å². The van der Waals surface area contributed by atoms with Gasteiger partial charge in [0.05, 0.1) is 21.9 Å². The van der Waals surface area contributed by atoms with Crippen molar-refractivity contribution >= 4 is 33.0 Å². The van der Waals surface area contributed by atoms with Gasteiger partial charge in [0.15, 0.2) is 5.43 Å². The second-order valence-electron chi connectivity index (χ2n) is 8.47. The van der Waals surface area contributed by atoms with Gasteiger partial charge in [-0.05, 0) is 44.4 Å². The zero-order valence-corrected chi connectivity index (χ0v) is 17.1. The second-order valence-corrected chi connectivity index (χ2v) is 8.47. The normalized spacial score (nSPS) is 16.6. The van der Waals surface area contributed by atoms with Crippen molar-refractivity contribution in [2.75, 3.05) is 31.5 Å². The molecule has 2 aromatic heterocycles. The van der Waals surface area contributed by atoms with E-state index in [0.717, 1.165) is 54.9 Å². The Kier molecular flexibility index (Phi) is 4.52. The fourth-order valence-corrected chi connectivity index (χ4v) is 4.90. The van der Waals surface area contributed by atoms with Crippen LogP contribution in [0.25, 0.3) is 27.3 Å². The molecule has 156 valence electrons. The lowest BCUT2D eigenvalue weighted by molar-refractivity contribution is -1.10. The van der Waals surface area contributed by atoms with Crippen molar-refractivity contribution < 1.29 is 15.0 Å². The maximum absolute atomic E-state index is 13.3. The predicted octanol–water partition coefficient (Wildman–Crippen LogP) is 3.01. The summed E-state index contributed by atoms with van der Waals surface area (Å²) in [6.07, 6.45) is 4.15. The predicted molar refractivity (Wildman–Crippen MR) is 115 cm³/mol. The molecule has 0 unspecified atom stereocenters. The number of likely N-dealkylation sites (tertiary alicyclic amines) is 1. The molecule has 0 atom stereocenters. The Morgan fingerprint density at radius 3 is 2.80 bits per heavy atom. The first-order valence-electron chi connectivity index (χ1n) is 10.7. The van der Waals surface area contributed by atoms with Gasteiger partial charge in [0, 0.05) is 24.0 Å². The summed E-state index contributed by atoms with van der Waals surface area (Å²) in [5.41, 5.74) is 2.87. The molecule has 0 amide bonds. The number of hydrogen-bond acceptors (Lipinski definition) is 5. The van der Waals surface area contributed by atoms with Crippen molar-refractivity contribution in [3.8, 4) is 5.75 Å². The zero-order chi connectivity index (χ0) is 20.9. The molecule has 5 rings (SSSR count). The van der Waals surface area contributed by atoms with E-state index in [2.05, 4.69) is 10.3 Å². The third kappa shape index (κ3) is 3.05. The molecule has 0 saturated carbocycles. The summed E-state index contributed by atoms with van der Waals surface area (Å²) in [5.74, 6) is 0.608. The summed E-state index contributed by atoms with van der Waals surface area (Å²) in [7, 11) is 0. The summed E-state index contributed by atoms with van der Waals surface area (Å²) in [5, 5.41) is 27.0. The molecular formula is C23H26N4O3. The SMILES string of the molecule is Cc1nc2ccc(NCCC[N+]3(O)CCCCC3)c3c(=O)c4cc([O-])ccc4n1c23. The third-order valence-corrected chi connectivity index (χ3v) is 6.38. The van der Waals surface area contributed by atoms with Gasteiger partial charge in [-0.3, -0.25) is 9.20 Å². The molecule has 7 heteroatoms. The molecule has 2 N–H and O–H groups in total. The van der Waals surface area contributed by atoms with Gasteiger partial charge in [0.25, 0.3) is 0 Å². The number of nitrogens with one attached hydrogen (secondary N) is 1. The van der Waals surface area contributed by atoms with Crippen LogP contribution in [0.5, 0.6) is 5.75 Å². The van der Waals surface area contributed by atoms with Crippen molar-refractivity contribution in [3.05, 3.63) is 46.4 Å². The molecule has 0 radical (unpaired) electrons. The summed E-state index contributed by atoms with van der Waals surface area (Å²) in [6, 6.07) is 8.42. The fourth-order valence-electron chi connectivity index (χ4n) is 4.90. The molecule has 1 fully saturated rings. The number of pyridine rings is 1. The first kappa shape index (κ1) is 19.1. The van der Waals surface area contributed by atoms with Crippen molar-refractivity contribution in [3.63, 3.8) is 0 Å². The quantitative estimate of drug-likeness (QED) is 0.302. The van der Waals surface area contributed by atoms with Crippen molar-refractivity contribution in [2.24, 2.45) is 0 Å². The van der Waals surface area contributed by atoms with E-state index in [-0.39, 0.29) is 15.8 Å². The van der Waals surface area contributed by atoms with Gasteiger partial charge >= 0.3 is 0 Å². The summed E-state index contributed by atoms with van der Waals surface area (Å²) in [6.45, 7) is 4.92. The van der Waals surface area contributed by atoms with E-state index in [9.17, 15) is 15.1 Å². The Hall–Kier alpha value is -2.90. The van der Waals surface area contributed by atoms with Gasteiger partial charge in [0.1, 0.15) is 25.5 Å². The maximum atomic E-state index is 13.3. The summed E-state index contributed by atoms with van der Waals surface area (Å²) in [4.78, 5) is 18.0. The van der Waals surface area contributed by atoms with Gasteiger partial charge in [0.2, 0.25) is 0 Å². The molecule has 0 bridgehead atoms. The molecule has 0 spiro atoms. The van der Waals surface area contributed by atoms with Crippen LogP contribution in [-0.4, -0.2) is 45.4 Å². The lowest BCUT2D eigenvalue weighted by Gasteiger charge is -2.33. The molecule has 0 aliphatic carbocycles. The van der Waals surface area contributed by atoms with Crippen molar-refractivity contribution in [1.29, 1.82) is 0 Å². The van der Waals surface area contributed by atoms with Gasteiger partial charge in [-0.15, -0.1) is 5.75 Å². The number of anilines is 1. The zero-order valence-electron chi connectivity index (χ0n) is 17.1. The van der Waals surface area contributed by atoms with Crippen LogP contribution in [-0.2, 0) is 0 Å². The van der Waals surface area contributed by atoms with Crippen LogP contribution in [0.4, 0.5) is 5.69 Å². The number of hydrogen-bond donors (Lipinski definition) is 2. The summed E-state index contributed by atoms with van der Waals surface area (Å²) >= 11 is 0. The molecule has 2 aromatic carbocycles. The van der Waals surface area contributed by atoms with Crippen molar-refractivity contribution in [1.82, 2.24) is 9.38 Å². The second kappa shape index (κ2) is 7.11. The number of hydroxylamine groups is 3. The van der Waals surface area contributed by atoms with Gasteiger partial charge in [-0.25, -0.2) is 10.2 Å². The Morgan fingerprint density at radius 1 is 1.20 bits per heavy atom. The molecule has 30 heavy (non-hydrogen) atoms. The van der Waals surface area contributed by atoms with Crippen LogP contribution in [0, 0.1) is 6.92 Å². The standard InChI is InChI=1S/C23H26N4O3/c1-15-25-19-8-7-18(24-10-5-13-27(30)11-3-2-4-12-27)21-22(19)26(15)20-9-6-16(28)14-17(20)23(21)29/h6-9,14,30H,2-5,10-13H2,1H3,(H-,24,28,29). The average molecular weight is 406 g/mol. The highest BCUT2D eigenvalue weighted by Crippen LogP contribution is 2.30.